The van der Waals surface area contributed by atoms with E-state index in [0.717, 1.165) is 5.56 Å². The van der Waals surface area contributed by atoms with E-state index in [0.29, 0.717) is 17.1 Å². The van der Waals surface area contributed by atoms with Gasteiger partial charge in [-0.05, 0) is 11.6 Å². The Morgan fingerprint density at radius 3 is 3.05 bits per heavy atom. The number of benzene rings is 1. The van der Waals surface area contributed by atoms with Gasteiger partial charge >= 0.3 is 0 Å². The number of rotatable bonds is 2. The first-order valence-electron chi connectivity index (χ1n) is 5.83. The predicted molar refractivity (Wildman–Crippen MR) is 72.1 cm³/mol. The average Bonchev–Trinajstić information content (AvgIpc) is 2.91. The third kappa shape index (κ3) is 2.34. The van der Waals surface area contributed by atoms with Crippen LogP contribution in [0.5, 0.6) is 0 Å². The fourth-order valence-electron chi connectivity index (χ4n) is 2.06. The molecule has 1 aromatic carbocycles. The maximum atomic E-state index is 12.1. The summed E-state index contributed by atoms with van der Waals surface area (Å²) in [5.41, 5.74) is 1.53. The molecular formula is C13H11N3O2S. The quantitative estimate of drug-likeness (QED) is 0.869. The van der Waals surface area contributed by atoms with E-state index in [9.17, 15) is 9.59 Å². The van der Waals surface area contributed by atoms with E-state index in [1.165, 1.54) is 11.3 Å². The van der Waals surface area contributed by atoms with E-state index in [-0.39, 0.29) is 11.8 Å². The van der Waals surface area contributed by atoms with Crippen molar-refractivity contribution in [3.63, 3.8) is 0 Å². The molecule has 1 aliphatic rings. The molecule has 3 rings (SSSR count). The lowest BCUT2D eigenvalue weighted by Crippen LogP contribution is -2.48. The number of hydrogen-bond acceptors (Lipinski definition) is 4. The van der Waals surface area contributed by atoms with E-state index < -0.39 is 6.04 Å². The van der Waals surface area contributed by atoms with Gasteiger partial charge in [0.25, 0.3) is 5.91 Å². The lowest BCUT2D eigenvalue weighted by Gasteiger charge is -2.24. The monoisotopic (exact) mass is 273 g/mol. The Bertz CT molecular complexity index is 625. The molecule has 2 amide bonds. The summed E-state index contributed by atoms with van der Waals surface area (Å²) < 4.78 is 0. The van der Waals surface area contributed by atoms with Crippen molar-refractivity contribution in [2.45, 2.75) is 12.5 Å². The molecule has 0 fully saturated rings. The van der Waals surface area contributed by atoms with E-state index in [1.807, 2.05) is 18.2 Å². The van der Waals surface area contributed by atoms with E-state index in [2.05, 4.69) is 15.6 Å². The number of aromatic nitrogens is 1. The van der Waals surface area contributed by atoms with Crippen LogP contribution in [-0.4, -0.2) is 22.8 Å². The van der Waals surface area contributed by atoms with Gasteiger partial charge in [0.2, 0.25) is 5.91 Å². The van der Waals surface area contributed by atoms with Crippen LogP contribution in [-0.2, 0) is 11.2 Å². The highest BCUT2D eigenvalue weighted by Gasteiger charge is 2.28. The molecule has 0 aliphatic carbocycles. The van der Waals surface area contributed by atoms with Gasteiger partial charge < -0.3 is 10.6 Å². The van der Waals surface area contributed by atoms with Crippen LogP contribution in [0.2, 0.25) is 0 Å². The van der Waals surface area contributed by atoms with Crippen LogP contribution in [0.4, 0.5) is 5.13 Å². The van der Waals surface area contributed by atoms with Gasteiger partial charge in [-0.3, -0.25) is 9.59 Å². The Balaban J connectivity index is 1.78. The van der Waals surface area contributed by atoms with Crippen LogP contribution < -0.4 is 10.6 Å². The summed E-state index contributed by atoms with van der Waals surface area (Å²) in [6, 6.07) is 6.77. The number of fused-ring (bicyclic) bond motifs is 1. The zero-order valence-corrected chi connectivity index (χ0v) is 10.7. The minimum Gasteiger partial charge on any atom is -0.340 e. The predicted octanol–water partition coefficient (Wildman–Crippen LogP) is 1.44. The molecule has 5 nitrogen and oxygen atoms in total. The number of anilines is 1. The van der Waals surface area contributed by atoms with Crippen LogP contribution in [0.1, 0.15) is 15.9 Å². The number of nitrogens with zero attached hydrogens (tertiary/aromatic N) is 1. The van der Waals surface area contributed by atoms with Crippen molar-refractivity contribution in [3.8, 4) is 0 Å². The second kappa shape index (κ2) is 4.81. The highest BCUT2D eigenvalue weighted by atomic mass is 32.1. The largest absolute Gasteiger partial charge is 0.340 e. The third-order valence-corrected chi connectivity index (χ3v) is 3.66. The molecule has 2 aromatic rings. The van der Waals surface area contributed by atoms with Gasteiger partial charge in [0.05, 0.1) is 0 Å². The first-order valence-corrected chi connectivity index (χ1v) is 6.71. The number of hydrogen-bond donors (Lipinski definition) is 2. The molecule has 2 N–H and O–H groups in total. The summed E-state index contributed by atoms with van der Waals surface area (Å²) in [4.78, 5) is 27.9. The number of thiazole rings is 1. The van der Waals surface area contributed by atoms with Crippen LogP contribution in [0.15, 0.2) is 35.8 Å². The molecule has 0 spiro atoms. The molecule has 0 saturated heterocycles. The molecule has 0 radical (unpaired) electrons. The topological polar surface area (TPSA) is 71.1 Å². The van der Waals surface area contributed by atoms with Crippen molar-refractivity contribution in [3.05, 3.63) is 47.0 Å². The Morgan fingerprint density at radius 1 is 1.42 bits per heavy atom. The molecule has 1 aromatic heterocycles. The zero-order chi connectivity index (χ0) is 13.2. The van der Waals surface area contributed by atoms with Crippen molar-refractivity contribution >= 4 is 28.3 Å². The van der Waals surface area contributed by atoms with E-state index >= 15 is 0 Å². The molecule has 6 heteroatoms. The molecule has 1 atom stereocenters. The highest BCUT2D eigenvalue weighted by molar-refractivity contribution is 7.13. The van der Waals surface area contributed by atoms with E-state index in [4.69, 9.17) is 0 Å². The molecule has 0 saturated carbocycles. The van der Waals surface area contributed by atoms with Gasteiger partial charge in [0, 0.05) is 23.6 Å². The number of nitrogens with one attached hydrogen (secondary N) is 2. The summed E-state index contributed by atoms with van der Waals surface area (Å²) >= 11 is 1.35. The van der Waals surface area contributed by atoms with Gasteiger partial charge in [-0.15, -0.1) is 11.3 Å². The van der Waals surface area contributed by atoms with Gasteiger partial charge in [-0.25, -0.2) is 4.98 Å². The molecular weight excluding hydrogens is 262 g/mol. The summed E-state index contributed by atoms with van der Waals surface area (Å²) in [5, 5.41) is 7.73. The SMILES string of the molecule is O=C1N[C@@H](C(=O)Nc2nccs2)Cc2ccccc21. The number of carbonyl (C=O) groups is 2. The summed E-state index contributed by atoms with van der Waals surface area (Å²) in [7, 11) is 0. The molecule has 1 aliphatic heterocycles. The smallest absolute Gasteiger partial charge is 0.252 e. The number of amides is 2. The Labute approximate surface area is 113 Å². The van der Waals surface area contributed by atoms with Gasteiger partial charge in [0.1, 0.15) is 6.04 Å². The van der Waals surface area contributed by atoms with Gasteiger partial charge in [-0.2, -0.15) is 0 Å². The second-order valence-corrected chi connectivity index (χ2v) is 5.11. The maximum absolute atomic E-state index is 12.1. The fraction of sp³-hybridized carbons (Fsp3) is 0.154. The summed E-state index contributed by atoms with van der Waals surface area (Å²) in [6.07, 6.45) is 2.12. The molecule has 0 bridgehead atoms. The molecule has 19 heavy (non-hydrogen) atoms. The normalized spacial score (nSPS) is 17.5. The molecule has 96 valence electrons. The Hall–Kier alpha value is -2.21. The minimum absolute atomic E-state index is 0.207. The van der Waals surface area contributed by atoms with Crippen LogP contribution in [0, 0.1) is 0 Å². The summed E-state index contributed by atoms with van der Waals surface area (Å²) in [5.74, 6) is -0.445. The van der Waals surface area contributed by atoms with Crippen molar-refractivity contribution in [2.75, 3.05) is 5.32 Å². The average molecular weight is 273 g/mol. The maximum Gasteiger partial charge on any atom is 0.252 e. The fourth-order valence-corrected chi connectivity index (χ4v) is 2.59. The molecule has 0 unspecified atom stereocenters. The zero-order valence-electron chi connectivity index (χ0n) is 9.92. The Kier molecular flexibility index (Phi) is 3.00. The van der Waals surface area contributed by atoms with Crippen LogP contribution >= 0.6 is 11.3 Å². The highest BCUT2D eigenvalue weighted by Crippen LogP contribution is 2.18. The minimum atomic E-state index is -0.550. The van der Waals surface area contributed by atoms with Crippen LogP contribution in [0.3, 0.4) is 0 Å². The first kappa shape index (κ1) is 11.9. The Morgan fingerprint density at radius 2 is 2.26 bits per heavy atom. The number of carbonyl (C=O) groups excluding carboxylic acids is 2. The summed E-state index contributed by atoms with van der Waals surface area (Å²) in [6.45, 7) is 0. The standard InChI is InChI=1S/C13H11N3O2S/c17-11-9-4-2-1-3-8(9)7-10(15-11)12(18)16-13-14-5-6-19-13/h1-6,10H,7H2,(H,15,17)(H,14,16,18)/t10-/m1/s1. The van der Waals surface area contributed by atoms with Gasteiger partial charge in [-0.1, -0.05) is 18.2 Å². The van der Waals surface area contributed by atoms with Gasteiger partial charge in [0.15, 0.2) is 5.13 Å². The van der Waals surface area contributed by atoms with Crippen molar-refractivity contribution in [1.29, 1.82) is 0 Å². The second-order valence-electron chi connectivity index (χ2n) is 4.21. The lowest BCUT2D eigenvalue weighted by molar-refractivity contribution is -0.118. The van der Waals surface area contributed by atoms with Crippen molar-refractivity contribution in [1.82, 2.24) is 10.3 Å². The molecule has 2 heterocycles. The lowest BCUT2D eigenvalue weighted by atomic mass is 9.95. The first-order chi connectivity index (χ1) is 9.24. The third-order valence-electron chi connectivity index (χ3n) is 2.97. The van der Waals surface area contributed by atoms with Crippen LogP contribution in [0.25, 0.3) is 0 Å². The van der Waals surface area contributed by atoms with E-state index in [1.54, 1.807) is 17.6 Å². The van der Waals surface area contributed by atoms with Crippen molar-refractivity contribution in [2.24, 2.45) is 0 Å². The van der Waals surface area contributed by atoms with Crippen molar-refractivity contribution < 1.29 is 9.59 Å².